The lowest BCUT2D eigenvalue weighted by atomic mass is 9.97. The third-order valence-electron chi connectivity index (χ3n) is 4.35. The van der Waals surface area contributed by atoms with Crippen molar-refractivity contribution < 1.29 is 9.84 Å². The Morgan fingerprint density at radius 2 is 2.16 bits per heavy atom. The van der Waals surface area contributed by atoms with Crippen LogP contribution in [0.4, 0.5) is 0 Å². The normalized spacial score (nSPS) is 27.5. The standard InChI is InChI=1S/C15H30N2O2/c1-15(12-18,16-14-5-6-14)7-8-17(2)10-13-4-3-9-19-11-13/h13-14,16,18H,3-12H2,1-2H3. The van der Waals surface area contributed by atoms with Crippen molar-refractivity contribution in [2.75, 3.05) is 40.0 Å². The van der Waals surface area contributed by atoms with E-state index in [0.29, 0.717) is 12.0 Å². The highest BCUT2D eigenvalue weighted by Gasteiger charge is 2.32. The van der Waals surface area contributed by atoms with Gasteiger partial charge in [-0.2, -0.15) is 0 Å². The molecule has 1 saturated heterocycles. The summed E-state index contributed by atoms with van der Waals surface area (Å²) in [4.78, 5) is 2.39. The zero-order valence-electron chi connectivity index (χ0n) is 12.5. The molecule has 4 heteroatoms. The highest BCUT2D eigenvalue weighted by Crippen LogP contribution is 2.24. The average molecular weight is 270 g/mol. The van der Waals surface area contributed by atoms with Crippen molar-refractivity contribution >= 4 is 0 Å². The molecule has 0 spiro atoms. The van der Waals surface area contributed by atoms with E-state index in [2.05, 4.69) is 24.2 Å². The van der Waals surface area contributed by atoms with Gasteiger partial charge in [0, 0.05) is 24.7 Å². The van der Waals surface area contributed by atoms with Crippen molar-refractivity contribution in [1.29, 1.82) is 0 Å². The van der Waals surface area contributed by atoms with Crippen LogP contribution in [0.25, 0.3) is 0 Å². The zero-order chi connectivity index (χ0) is 13.7. The molecular weight excluding hydrogens is 240 g/mol. The summed E-state index contributed by atoms with van der Waals surface area (Å²) in [6, 6.07) is 0.647. The molecule has 0 radical (unpaired) electrons. The minimum atomic E-state index is -0.113. The molecule has 0 aromatic carbocycles. The first-order chi connectivity index (χ1) is 9.11. The molecule has 2 rings (SSSR count). The van der Waals surface area contributed by atoms with Gasteiger partial charge in [0.1, 0.15) is 0 Å². The van der Waals surface area contributed by atoms with Crippen LogP contribution in [0.3, 0.4) is 0 Å². The van der Waals surface area contributed by atoms with E-state index in [4.69, 9.17) is 4.74 Å². The molecule has 1 aliphatic heterocycles. The van der Waals surface area contributed by atoms with Crippen molar-refractivity contribution in [2.24, 2.45) is 5.92 Å². The first-order valence-electron chi connectivity index (χ1n) is 7.76. The summed E-state index contributed by atoms with van der Waals surface area (Å²) in [5.74, 6) is 0.690. The van der Waals surface area contributed by atoms with Gasteiger partial charge < -0.3 is 20.1 Å². The Morgan fingerprint density at radius 3 is 2.74 bits per heavy atom. The summed E-state index contributed by atoms with van der Waals surface area (Å²) in [6.07, 6.45) is 6.04. The summed E-state index contributed by atoms with van der Waals surface area (Å²) in [7, 11) is 2.18. The van der Waals surface area contributed by atoms with Crippen molar-refractivity contribution in [2.45, 2.75) is 50.6 Å². The molecule has 19 heavy (non-hydrogen) atoms. The fourth-order valence-electron chi connectivity index (χ4n) is 2.84. The highest BCUT2D eigenvalue weighted by atomic mass is 16.5. The molecule has 2 N–H and O–H groups in total. The van der Waals surface area contributed by atoms with E-state index in [1.54, 1.807) is 0 Å². The quantitative estimate of drug-likeness (QED) is 0.696. The summed E-state index contributed by atoms with van der Waals surface area (Å²) in [5, 5.41) is 13.2. The van der Waals surface area contributed by atoms with Crippen LogP contribution in [0, 0.1) is 5.92 Å². The fraction of sp³-hybridized carbons (Fsp3) is 1.00. The SMILES string of the molecule is CN(CCC(C)(CO)NC1CC1)CC1CCCOC1. The Morgan fingerprint density at radius 1 is 1.37 bits per heavy atom. The van der Waals surface area contributed by atoms with E-state index in [1.807, 2.05) is 0 Å². The van der Waals surface area contributed by atoms with Crippen LogP contribution >= 0.6 is 0 Å². The third-order valence-corrected chi connectivity index (χ3v) is 4.35. The second-order valence-electron chi connectivity index (χ2n) is 6.73. The first kappa shape index (κ1) is 15.2. The van der Waals surface area contributed by atoms with E-state index in [0.717, 1.165) is 32.7 Å². The van der Waals surface area contributed by atoms with Gasteiger partial charge in [0.05, 0.1) is 13.2 Å². The summed E-state index contributed by atoms with van der Waals surface area (Å²) >= 11 is 0. The average Bonchev–Trinajstić information content (AvgIpc) is 3.21. The molecule has 4 nitrogen and oxygen atoms in total. The van der Waals surface area contributed by atoms with Crippen LogP contribution < -0.4 is 5.32 Å². The van der Waals surface area contributed by atoms with Crippen molar-refractivity contribution in [3.8, 4) is 0 Å². The predicted molar refractivity (Wildman–Crippen MR) is 77.3 cm³/mol. The molecule has 2 fully saturated rings. The second-order valence-corrected chi connectivity index (χ2v) is 6.73. The molecule has 1 aliphatic carbocycles. The number of ether oxygens (including phenoxy) is 1. The van der Waals surface area contributed by atoms with E-state index >= 15 is 0 Å². The van der Waals surface area contributed by atoms with Crippen LogP contribution in [-0.2, 0) is 4.74 Å². The number of hydrogen-bond donors (Lipinski definition) is 2. The van der Waals surface area contributed by atoms with Gasteiger partial charge in [-0.25, -0.2) is 0 Å². The smallest absolute Gasteiger partial charge is 0.0611 e. The minimum absolute atomic E-state index is 0.113. The van der Waals surface area contributed by atoms with Crippen LogP contribution in [0.1, 0.15) is 39.0 Å². The van der Waals surface area contributed by atoms with Gasteiger partial charge in [-0.15, -0.1) is 0 Å². The van der Waals surface area contributed by atoms with Gasteiger partial charge in [-0.3, -0.25) is 0 Å². The van der Waals surface area contributed by atoms with E-state index in [-0.39, 0.29) is 12.1 Å². The van der Waals surface area contributed by atoms with E-state index in [1.165, 1.54) is 25.7 Å². The predicted octanol–water partition coefficient (Wildman–Crippen LogP) is 1.24. The van der Waals surface area contributed by atoms with Gasteiger partial charge in [0.15, 0.2) is 0 Å². The molecule has 1 heterocycles. The number of aliphatic hydroxyl groups excluding tert-OH is 1. The number of aliphatic hydroxyl groups is 1. The Balaban J connectivity index is 1.66. The molecule has 112 valence electrons. The molecule has 0 bridgehead atoms. The van der Waals surface area contributed by atoms with Gasteiger partial charge in [0.25, 0.3) is 0 Å². The maximum Gasteiger partial charge on any atom is 0.0611 e. The van der Waals surface area contributed by atoms with Gasteiger partial charge in [0.2, 0.25) is 0 Å². The molecule has 0 aromatic heterocycles. The highest BCUT2D eigenvalue weighted by molar-refractivity contribution is 4.92. The summed E-state index contributed by atoms with van der Waals surface area (Å²) in [5.41, 5.74) is -0.113. The van der Waals surface area contributed by atoms with Crippen LogP contribution in [0.15, 0.2) is 0 Å². The first-order valence-corrected chi connectivity index (χ1v) is 7.76. The summed E-state index contributed by atoms with van der Waals surface area (Å²) in [6.45, 7) is 6.38. The van der Waals surface area contributed by atoms with Gasteiger partial charge in [-0.1, -0.05) is 0 Å². The van der Waals surface area contributed by atoms with E-state index < -0.39 is 0 Å². The van der Waals surface area contributed by atoms with Crippen molar-refractivity contribution in [3.05, 3.63) is 0 Å². The fourth-order valence-corrected chi connectivity index (χ4v) is 2.84. The molecule has 2 unspecified atom stereocenters. The minimum Gasteiger partial charge on any atom is -0.394 e. The van der Waals surface area contributed by atoms with E-state index in [9.17, 15) is 5.11 Å². The lowest BCUT2D eigenvalue weighted by molar-refractivity contribution is 0.0402. The zero-order valence-corrected chi connectivity index (χ0v) is 12.5. The molecule has 2 aliphatic rings. The maximum absolute atomic E-state index is 9.60. The lowest BCUT2D eigenvalue weighted by Gasteiger charge is -2.32. The van der Waals surface area contributed by atoms with Crippen LogP contribution in [0.5, 0.6) is 0 Å². The largest absolute Gasteiger partial charge is 0.394 e. The number of nitrogens with one attached hydrogen (secondary N) is 1. The van der Waals surface area contributed by atoms with Gasteiger partial charge >= 0.3 is 0 Å². The van der Waals surface area contributed by atoms with Crippen molar-refractivity contribution in [1.82, 2.24) is 10.2 Å². The molecule has 0 aromatic rings. The molecule has 2 atom stereocenters. The number of rotatable bonds is 8. The maximum atomic E-state index is 9.60. The Bertz CT molecular complexity index is 265. The Kier molecular flexibility index (Phi) is 5.63. The number of hydrogen-bond acceptors (Lipinski definition) is 4. The van der Waals surface area contributed by atoms with Crippen LogP contribution in [0.2, 0.25) is 0 Å². The number of nitrogens with zero attached hydrogens (tertiary/aromatic N) is 1. The molecular formula is C15H30N2O2. The molecule has 0 amide bonds. The lowest BCUT2D eigenvalue weighted by Crippen LogP contribution is -2.49. The second kappa shape index (κ2) is 7.02. The topological polar surface area (TPSA) is 44.7 Å². The molecule has 1 saturated carbocycles. The summed E-state index contributed by atoms with van der Waals surface area (Å²) < 4.78 is 5.53. The monoisotopic (exact) mass is 270 g/mol. The Hall–Kier alpha value is -0.160. The van der Waals surface area contributed by atoms with Crippen molar-refractivity contribution in [3.63, 3.8) is 0 Å². The van der Waals surface area contributed by atoms with Gasteiger partial charge in [-0.05, 0) is 58.5 Å². The van der Waals surface area contributed by atoms with Crippen LogP contribution in [-0.4, -0.2) is 61.5 Å². The third kappa shape index (κ3) is 5.38. The Labute approximate surface area is 117 Å².